The van der Waals surface area contributed by atoms with Crippen molar-refractivity contribution in [3.05, 3.63) is 309 Å². The lowest BCUT2D eigenvalue weighted by atomic mass is 9.99. The van der Waals surface area contributed by atoms with Crippen LogP contribution in [0.25, 0.3) is 94.8 Å². The standard InChI is InChI=1S/C74H52N2O/c1-2-52-20-22-55(23-21-52)56-24-26-57(27-25-56)60-32-44-67(45-33-60)76(69-50-38-63(39-51-69)70-17-11-18-72-71-16-9-10-19-73(71)77-74(70)72)68-48-36-62(37-49-68)61-34-46-66(47-35-61)75(64-40-28-58(29-41-64)53-12-5-3-6-13-53)65-42-30-59(31-43-65)54-14-7-4-8-15-54/h2-51H,1H2. The van der Waals surface area contributed by atoms with Crippen LogP contribution in [0.5, 0.6) is 0 Å². The van der Waals surface area contributed by atoms with Crippen LogP contribution < -0.4 is 9.80 Å². The first-order valence-electron chi connectivity index (χ1n) is 26.2. The van der Waals surface area contributed by atoms with Crippen molar-refractivity contribution < 1.29 is 4.42 Å². The number of anilines is 6. The van der Waals surface area contributed by atoms with E-state index in [9.17, 15) is 0 Å². The number of hydrogen-bond donors (Lipinski definition) is 0. The molecule has 0 spiro atoms. The maximum atomic E-state index is 6.47. The van der Waals surface area contributed by atoms with Gasteiger partial charge in [0.2, 0.25) is 0 Å². The van der Waals surface area contributed by atoms with Crippen molar-refractivity contribution in [3.63, 3.8) is 0 Å². The second kappa shape index (κ2) is 20.6. The number of fused-ring (bicyclic) bond motifs is 3. The third-order valence-electron chi connectivity index (χ3n) is 14.7. The molecule has 0 atom stereocenters. The van der Waals surface area contributed by atoms with Crippen molar-refractivity contribution in [1.82, 2.24) is 0 Å². The first-order valence-corrected chi connectivity index (χ1v) is 26.2. The fraction of sp³-hybridized carbons (Fsp3) is 0. The van der Waals surface area contributed by atoms with Crippen molar-refractivity contribution in [2.24, 2.45) is 0 Å². The minimum Gasteiger partial charge on any atom is -0.455 e. The van der Waals surface area contributed by atoms with Crippen molar-refractivity contribution in [2.75, 3.05) is 9.80 Å². The van der Waals surface area contributed by atoms with Gasteiger partial charge in [-0.1, -0.05) is 231 Å². The smallest absolute Gasteiger partial charge is 0.143 e. The Morgan fingerprint density at radius 3 is 0.896 bits per heavy atom. The van der Waals surface area contributed by atoms with E-state index < -0.39 is 0 Å². The molecule has 0 bridgehead atoms. The van der Waals surface area contributed by atoms with Gasteiger partial charge in [-0.3, -0.25) is 0 Å². The van der Waals surface area contributed by atoms with Gasteiger partial charge >= 0.3 is 0 Å². The van der Waals surface area contributed by atoms with E-state index in [4.69, 9.17) is 4.42 Å². The van der Waals surface area contributed by atoms with Crippen LogP contribution in [-0.4, -0.2) is 0 Å². The van der Waals surface area contributed by atoms with E-state index in [1.54, 1.807) is 0 Å². The zero-order valence-corrected chi connectivity index (χ0v) is 42.4. The van der Waals surface area contributed by atoms with Gasteiger partial charge in [-0.2, -0.15) is 0 Å². The van der Waals surface area contributed by atoms with Crippen LogP contribution in [0.3, 0.4) is 0 Å². The fourth-order valence-electron chi connectivity index (χ4n) is 10.6. The van der Waals surface area contributed by atoms with E-state index in [-0.39, 0.29) is 0 Å². The summed E-state index contributed by atoms with van der Waals surface area (Å²) in [7, 11) is 0. The molecule has 13 rings (SSSR count). The molecular weight excluding hydrogens is 933 g/mol. The van der Waals surface area contributed by atoms with E-state index in [1.165, 1.54) is 38.9 Å². The average molecular weight is 985 g/mol. The maximum Gasteiger partial charge on any atom is 0.143 e. The van der Waals surface area contributed by atoms with Gasteiger partial charge in [0, 0.05) is 50.5 Å². The number of rotatable bonds is 13. The highest BCUT2D eigenvalue weighted by atomic mass is 16.3. The lowest BCUT2D eigenvalue weighted by Gasteiger charge is -2.27. The van der Waals surface area contributed by atoms with Crippen LogP contribution in [-0.2, 0) is 0 Å². The Hall–Kier alpha value is -10.2. The molecule has 13 aromatic rings. The summed E-state index contributed by atoms with van der Waals surface area (Å²) in [4.78, 5) is 4.67. The highest BCUT2D eigenvalue weighted by Crippen LogP contribution is 2.42. The highest BCUT2D eigenvalue weighted by Gasteiger charge is 2.18. The van der Waals surface area contributed by atoms with Gasteiger partial charge in [0.1, 0.15) is 11.2 Å². The zero-order valence-electron chi connectivity index (χ0n) is 42.4. The van der Waals surface area contributed by atoms with E-state index in [2.05, 4.69) is 301 Å². The Morgan fingerprint density at radius 1 is 0.247 bits per heavy atom. The minimum absolute atomic E-state index is 0.895. The Bertz CT molecular complexity index is 4050. The van der Waals surface area contributed by atoms with Gasteiger partial charge in [-0.05, 0) is 146 Å². The van der Waals surface area contributed by atoms with Gasteiger partial charge in [-0.15, -0.1) is 0 Å². The molecule has 0 saturated heterocycles. The first kappa shape index (κ1) is 46.6. The van der Waals surface area contributed by atoms with Crippen LogP contribution >= 0.6 is 0 Å². The molecule has 0 fully saturated rings. The molecule has 0 radical (unpaired) electrons. The molecule has 12 aromatic carbocycles. The van der Waals surface area contributed by atoms with Gasteiger partial charge in [0.15, 0.2) is 0 Å². The Balaban J connectivity index is 0.818. The largest absolute Gasteiger partial charge is 0.455 e. The number of benzene rings is 12. The number of nitrogens with zero attached hydrogens (tertiary/aromatic N) is 2. The monoisotopic (exact) mass is 984 g/mol. The second-order valence-corrected chi connectivity index (χ2v) is 19.4. The van der Waals surface area contributed by atoms with Crippen molar-refractivity contribution in [1.29, 1.82) is 0 Å². The summed E-state index contributed by atoms with van der Waals surface area (Å²) >= 11 is 0. The summed E-state index contributed by atoms with van der Waals surface area (Å²) in [5, 5.41) is 2.25. The summed E-state index contributed by atoms with van der Waals surface area (Å²) in [6.45, 7) is 3.90. The summed E-state index contributed by atoms with van der Waals surface area (Å²) < 4.78 is 6.47. The van der Waals surface area contributed by atoms with Crippen LogP contribution in [0.2, 0.25) is 0 Å². The molecule has 1 aromatic heterocycles. The molecular formula is C74H52N2O. The average Bonchev–Trinajstić information content (AvgIpc) is 3.90. The molecule has 0 N–H and O–H groups in total. The maximum absolute atomic E-state index is 6.47. The lowest BCUT2D eigenvalue weighted by Crippen LogP contribution is -2.10. The van der Waals surface area contributed by atoms with Gasteiger partial charge in [0.25, 0.3) is 0 Å². The van der Waals surface area contributed by atoms with Crippen LogP contribution in [0.1, 0.15) is 5.56 Å². The molecule has 77 heavy (non-hydrogen) atoms. The second-order valence-electron chi connectivity index (χ2n) is 19.4. The van der Waals surface area contributed by atoms with Crippen LogP contribution in [0.15, 0.2) is 308 Å². The molecule has 0 unspecified atom stereocenters. The lowest BCUT2D eigenvalue weighted by molar-refractivity contribution is 0.670. The molecule has 0 aliphatic carbocycles. The summed E-state index contributed by atoms with van der Waals surface area (Å²) in [5.74, 6) is 0. The molecule has 0 amide bonds. The Morgan fingerprint density at radius 2 is 0.532 bits per heavy atom. The fourth-order valence-corrected chi connectivity index (χ4v) is 10.6. The molecule has 3 nitrogen and oxygen atoms in total. The van der Waals surface area contributed by atoms with E-state index in [1.807, 2.05) is 18.2 Å². The molecule has 3 heteroatoms. The predicted octanol–water partition coefficient (Wildman–Crippen LogP) is 21.2. The van der Waals surface area contributed by atoms with Crippen molar-refractivity contribution >= 4 is 62.1 Å². The van der Waals surface area contributed by atoms with E-state index in [0.717, 1.165) is 89.4 Å². The highest BCUT2D eigenvalue weighted by molar-refractivity contribution is 6.09. The molecule has 0 aliphatic rings. The minimum atomic E-state index is 0.895. The molecule has 1 heterocycles. The number of hydrogen-bond acceptors (Lipinski definition) is 3. The van der Waals surface area contributed by atoms with Gasteiger partial charge in [0.05, 0.1) is 0 Å². The topological polar surface area (TPSA) is 19.6 Å². The molecule has 0 aliphatic heterocycles. The van der Waals surface area contributed by atoms with Gasteiger partial charge in [-0.25, -0.2) is 0 Å². The van der Waals surface area contributed by atoms with Crippen LogP contribution in [0, 0.1) is 0 Å². The third kappa shape index (κ3) is 9.39. The van der Waals surface area contributed by atoms with Crippen LogP contribution in [0.4, 0.5) is 34.1 Å². The normalized spacial score (nSPS) is 11.2. The van der Waals surface area contributed by atoms with E-state index in [0.29, 0.717) is 0 Å². The SMILES string of the molecule is C=Cc1ccc(-c2ccc(-c3ccc(N(c4ccc(-c5ccc(N(c6ccc(-c7ccccc7)cc6)c6ccc(-c7ccccc7)cc6)cc5)cc4)c4ccc(-c5cccc6c5oc5ccccc56)cc4)cc3)cc2)cc1. The first-order chi connectivity index (χ1) is 38.1. The quantitative estimate of drug-likeness (QED) is 0.115. The Kier molecular flexibility index (Phi) is 12.5. The third-order valence-corrected chi connectivity index (χ3v) is 14.7. The number of furan rings is 1. The van der Waals surface area contributed by atoms with Gasteiger partial charge < -0.3 is 14.2 Å². The molecule has 364 valence electrons. The summed E-state index contributed by atoms with van der Waals surface area (Å²) in [5.41, 5.74) is 23.2. The number of para-hydroxylation sites is 2. The van der Waals surface area contributed by atoms with Crippen molar-refractivity contribution in [2.45, 2.75) is 0 Å². The summed E-state index contributed by atoms with van der Waals surface area (Å²) in [6.07, 6.45) is 1.88. The summed E-state index contributed by atoms with van der Waals surface area (Å²) in [6, 6.07) is 106. The van der Waals surface area contributed by atoms with E-state index >= 15 is 0 Å². The zero-order chi connectivity index (χ0) is 51.5. The van der Waals surface area contributed by atoms with Crippen molar-refractivity contribution in [3.8, 4) is 66.8 Å². The molecule has 0 saturated carbocycles. The Labute approximate surface area is 450 Å². The predicted molar refractivity (Wildman–Crippen MR) is 326 cm³/mol.